The second-order valence-corrected chi connectivity index (χ2v) is 25.6. The lowest BCUT2D eigenvalue weighted by Crippen LogP contribution is -2.49. The first-order valence-corrected chi connectivity index (χ1v) is 29.5. The quantitative estimate of drug-likeness (QED) is 0.0822. The smallest absolute Gasteiger partial charge is 0.381 e. The normalized spacial score (nSPS) is 22.8. The second kappa shape index (κ2) is 24.2. The monoisotopic (exact) mass is 1120 g/mol. The molecule has 0 spiro atoms. The number of nitrogens with one attached hydrogen (secondary N) is 3. The number of rotatable bonds is 18. The minimum atomic E-state index is -6.06. The number of thioether (sulfide) groups is 1. The van der Waals surface area contributed by atoms with Crippen molar-refractivity contribution in [3.63, 3.8) is 0 Å². The van der Waals surface area contributed by atoms with Gasteiger partial charge in [-0.3, -0.25) is 9.69 Å². The number of sulfonamides is 1. The molecular weight excluding hydrogens is 1050 g/mol. The number of halogens is 5. The molecule has 1 unspecified atom stereocenters. The van der Waals surface area contributed by atoms with Crippen molar-refractivity contribution in [1.29, 1.82) is 0 Å². The van der Waals surface area contributed by atoms with Crippen LogP contribution in [0.4, 0.5) is 24.5 Å². The molecule has 4 aromatic rings. The molecule has 0 bridgehead atoms. The number of benzene rings is 4. The van der Waals surface area contributed by atoms with Crippen LogP contribution in [0.3, 0.4) is 0 Å². The molecule has 13 nitrogen and oxygen atoms in total. The Morgan fingerprint density at radius 2 is 1.54 bits per heavy atom. The second-order valence-electron chi connectivity index (χ2n) is 20.5. The molecule has 1 amide bonds. The van der Waals surface area contributed by atoms with E-state index < -0.39 is 47.1 Å². The number of hydrogen-bond donors (Lipinski definition) is 3. The van der Waals surface area contributed by atoms with E-state index in [9.17, 15) is 34.8 Å². The van der Waals surface area contributed by atoms with E-state index in [0.29, 0.717) is 49.8 Å². The van der Waals surface area contributed by atoms with Crippen molar-refractivity contribution in [2.45, 2.75) is 58.8 Å². The van der Waals surface area contributed by atoms with Crippen LogP contribution in [0, 0.1) is 17.3 Å². The molecule has 4 saturated heterocycles. The summed E-state index contributed by atoms with van der Waals surface area (Å²) in [5.41, 5.74) is -0.993. The summed E-state index contributed by atoms with van der Waals surface area (Å²) >= 11 is 7.76. The lowest BCUT2D eigenvalue weighted by Gasteiger charge is -2.43. The van der Waals surface area contributed by atoms with Gasteiger partial charge in [0.25, 0.3) is 25.8 Å². The molecule has 4 fully saturated rings. The summed E-state index contributed by atoms with van der Waals surface area (Å²) in [4.78, 5) is 22.0. The first-order chi connectivity index (χ1) is 34.9. The molecule has 402 valence electrons. The third-order valence-electron chi connectivity index (χ3n) is 15.1. The largest absolute Gasteiger partial charge is 0.501 e. The highest BCUT2D eigenvalue weighted by Crippen LogP contribution is 2.44. The highest BCUT2D eigenvalue weighted by atomic mass is 35.5. The fourth-order valence-electron chi connectivity index (χ4n) is 11.1. The molecule has 0 radical (unpaired) electrons. The maximum Gasteiger partial charge on any atom is 0.501 e. The third kappa shape index (κ3) is 13.8. The van der Waals surface area contributed by atoms with E-state index in [1.807, 2.05) is 47.2 Å². The molecule has 0 saturated carbocycles. The molecule has 9 rings (SSSR count). The summed E-state index contributed by atoms with van der Waals surface area (Å²) in [6, 6.07) is 26.1. The molecule has 21 heteroatoms. The van der Waals surface area contributed by atoms with Gasteiger partial charge in [-0.1, -0.05) is 54.4 Å². The number of carbonyl (C=O) groups is 1. The number of nitrogens with zero attached hydrogens (tertiary/aromatic N) is 4. The summed E-state index contributed by atoms with van der Waals surface area (Å²) in [6.45, 7) is 15.3. The highest BCUT2D eigenvalue weighted by Gasteiger charge is 2.49. The van der Waals surface area contributed by atoms with Gasteiger partial charge < -0.3 is 30.1 Å². The van der Waals surface area contributed by atoms with Crippen molar-refractivity contribution in [3.8, 4) is 0 Å². The Hall–Kier alpha value is -3.89. The molecule has 74 heavy (non-hydrogen) atoms. The molecule has 0 aromatic heterocycles. The van der Waals surface area contributed by atoms with Crippen molar-refractivity contribution in [3.05, 3.63) is 119 Å². The number of hydrogen-bond acceptors (Lipinski definition) is 13. The topological polar surface area (TPSA) is 144 Å². The summed E-state index contributed by atoms with van der Waals surface area (Å²) in [6.07, 6.45) is 3.63. The highest BCUT2D eigenvalue weighted by molar-refractivity contribution is 7.99. The van der Waals surface area contributed by atoms with Gasteiger partial charge in [0.05, 0.1) is 23.8 Å². The number of sulfone groups is 1. The van der Waals surface area contributed by atoms with E-state index in [1.54, 1.807) is 12.1 Å². The van der Waals surface area contributed by atoms with E-state index in [2.05, 4.69) is 49.3 Å². The fraction of sp³-hybridized carbons (Fsp3) is 0.491. The van der Waals surface area contributed by atoms with E-state index in [4.69, 9.17) is 16.3 Å². The first kappa shape index (κ1) is 56.3. The Labute approximate surface area is 449 Å². The van der Waals surface area contributed by atoms with Gasteiger partial charge in [0.2, 0.25) is 0 Å². The van der Waals surface area contributed by atoms with Crippen molar-refractivity contribution < 1.29 is 39.5 Å². The van der Waals surface area contributed by atoms with Crippen LogP contribution < -0.4 is 20.3 Å². The number of carbonyl (C=O) groups excluding carboxylic acids is 1. The van der Waals surface area contributed by atoms with Gasteiger partial charge in [-0.15, -0.1) is 24.2 Å². The van der Waals surface area contributed by atoms with E-state index >= 15 is 0 Å². The number of piperazine rings is 2. The molecule has 4 aliphatic heterocycles. The number of alkyl halides is 3. The molecule has 1 aliphatic carbocycles. The van der Waals surface area contributed by atoms with E-state index in [0.717, 1.165) is 126 Å². The van der Waals surface area contributed by atoms with Gasteiger partial charge in [0.15, 0.2) is 0 Å². The van der Waals surface area contributed by atoms with Gasteiger partial charge >= 0.3 is 5.51 Å². The Bertz CT molecular complexity index is 2810. The molecule has 4 heterocycles. The average molecular weight is 1120 g/mol. The molecule has 3 N–H and O–H groups in total. The lowest BCUT2D eigenvalue weighted by atomic mass is 9.71. The van der Waals surface area contributed by atoms with Crippen LogP contribution in [0.2, 0.25) is 5.02 Å². The zero-order valence-corrected chi connectivity index (χ0v) is 45.5. The minimum Gasteiger partial charge on any atom is -0.381 e. The zero-order valence-electron chi connectivity index (χ0n) is 41.5. The van der Waals surface area contributed by atoms with Gasteiger partial charge in [0.1, 0.15) is 4.90 Å². The standard InChI is InChI=1S/C53H65ClF3N7O6S3.ClH/c1-52(37-62-23-20-58-21-24-62)19-17-48(38-7-11-43(54)12-8-38)40(30-52)31-61-25-27-64(28-26-61)45-13-9-39(10-14-45)51(65)60-73(68,69)47-15-16-49(50(29-47)72(66,67)53(55,56)57)59-44(36-71-46-5-3-2-4-6-46)18-22-63-32-41-34-70-35-42(41)33-63;/h2-16,29,41-42,44,58-59H,17-28,30-37H2,1H3,(H,60,65);1H/t41-,42+,44?,52-;/m1./s1. The minimum absolute atomic E-state index is 0. The molecule has 5 aliphatic rings. The van der Waals surface area contributed by atoms with E-state index in [1.165, 1.54) is 40.6 Å². The van der Waals surface area contributed by atoms with Crippen LogP contribution in [0.5, 0.6) is 0 Å². The van der Waals surface area contributed by atoms with Crippen LogP contribution in [-0.2, 0) is 24.6 Å². The third-order valence-corrected chi connectivity index (χ3v) is 19.4. The average Bonchev–Trinajstić information content (AvgIpc) is 3.99. The molecule has 4 aromatic carbocycles. The predicted molar refractivity (Wildman–Crippen MR) is 290 cm³/mol. The van der Waals surface area contributed by atoms with Crippen LogP contribution in [0.1, 0.15) is 48.5 Å². The SMILES string of the molecule is C[C@@]1(CN2CCNCC2)CCC(c2ccc(Cl)cc2)=C(CN2CCN(c3ccc(C(=O)NS(=O)(=O)c4ccc(NC(CCN5C[C@H]6COC[C@H]6C5)CSc5ccccc5)c(S(=O)(=O)C(F)(F)F)c4)cc3)CC2)C1.Cl. The van der Waals surface area contributed by atoms with Gasteiger partial charge in [0, 0.05) is 130 Å². The maximum atomic E-state index is 14.3. The van der Waals surface area contributed by atoms with Gasteiger partial charge in [-0.05, 0) is 109 Å². The number of anilines is 2. The van der Waals surface area contributed by atoms with Crippen molar-refractivity contribution in [2.75, 3.05) is 114 Å². The number of allylic oxidation sites excluding steroid dienone is 1. The van der Waals surface area contributed by atoms with Gasteiger partial charge in [-0.2, -0.15) is 13.2 Å². The fourth-order valence-corrected chi connectivity index (χ4v) is 14.2. The first-order valence-electron chi connectivity index (χ1n) is 25.2. The van der Waals surface area contributed by atoms with Crippen LogP contribution in [0.15, 0.2) is 117 Å². The Morgan fingerprint density at radius 3 is 2.20 bits per heavy atom. The van der Waals surface area contributed by atoms with Crippen molar-refractivity contribution in [2.24, 2.45) is 17.3 Å². The predicted octanol–water partition coefficient (Wildman–Crippen LogP) is 8.39. The Morgan fingerprint density at radius 1 is 0.865 bits per heavy atom. The Balaban J connectivity index is 0.00000729. The summed E-state index contributed by atoms with van der Waals surface area (Å²) in [5.74, 6) is 0.210. The number of amides is 1. The molecule has 4 atom stereocenters. The van der Waals surface area contributed by atoms with Crippen molar-refractivity contribution >= 4 is 78.5 Å². The van der Waals surface area contributed by atoms with Crippen LogP contribution >= 0.6 is 35.8 Å². The maximum absolute atomic E-state index is 14.3. The Kier molecular flexibility index (Phi) is 18.4. The van der Waals surface area contributed by atoms with Crippen LogP contribution in [-0.4, -0.2) is 153 Å². The summed E-state index contributed by atoms with van der Waals surface area (Å²) < 4.78 is 104. The lowest BCUT2D eigenvalue weighted by molar-refractivity contribution is -0.0435. The van der Waals surface area contributed by atoms with Gasteiger partial charge in [-0.25, -0.2) is 21.6 Å². The number of ether oxygens (including phenoxy) is 1. The molecular formula is C53H66Cl2F3N7O6S3. The number of likely N-dealkylation sites (tertiary alicyclic amines) is 1. The van der Waals surface area contributed by atoms with E-state index in [-0.39, 0.29) is 29.1 Å². The summed E-state index contributed by atoms with van der Waals surface area (Å²) in [7, 11) is -10.9. The summed E-state index contributed by atoms with van der Waals surface area (Å²) in [5, 5.41) is 7.23. The van der Waals surface area contributed by atoms with Crippen LogP contribution in [0.25, 0.3) is 5.57 Å². The number of fused-ring (bicyclic) bond motifs is 1. The zero-order chi connectivity index (χ0) is 51.4. The van der Waals surface area contributed by atoms with Crippen molar-refractivity contribution in [1.82, 2.24) is 24.7 Å².